The lowest BCUT2D eigenvalue weighted by Crippen LogP contribution is -2.09. The van der Waals surface area contributed by atoms with Crippen molar-refractivity contribution in [1.29, 1.82) is 0 Å². The van der Waals surface area contributed by atoms with Gasteiger partial charge in [-0.1, -0.05) is 12.1 Å². The van der Waals surface area contributed by atoms with Crippen molar-refractivity contribution in [1.82, 2.24) is 0 Å². The lowest BCUT2D eigenvalue weighted by molar-refractivity contribution is 1.07. The van der Waals surface area contributed by atoms with E-state index in [1.54, 1.807) is 11.8 Å². The highest BCUT2D eigenvalue weighted by Crippen LogP contribution is 2.25. The van der Waals surface area contributed by atoms with Crippen molar-refractivity contribution in [2.45, 2.75) is 11.4 Å². The van der Waals surface area contributed by atoms with Crippen LogP contribution in [0.25, 0.3) is 0 Å². The largest absolute Gasteiger partial charge is 0.345 e. The first kappa shape index (κ1) is 13.0. The van der Waals surface area contributed by atoms with Gasteiger partial charge in [0.2, 0.25) is 0 Å². The van der Waals surface area contributed by atoms with E-state index >= 15 is 0 Å². The Morgan fingerprint density at radius 2 is 1.44 bits per heavy atom. The van der Waals surface area contributed by atoms with E-state index < -0.39 is 0 Å². The molecule has 0 fully saturated rings. The third-order valence-electron chi connectivity index (χ3n) is 3.02. The standard InChI is InChI=1S/C15H18N2S/c1-17(13-5-3-12(11-16)4-6-13)14-7-9-15(18-2)10-8-14/h3-10H,11,16H2,1-2H3. The Morgan fingerprint density at radius 3 is 1.89 bits per heavy atom. The van der Waals surface area contributed by atoms with Gasteiger partial charge in [0.25, 0.3) is 0 Å². The highest BCUT2D eigenvalue weighted by molar-refractivity contribution is 7.98. The van der Waals surface area contributed by atoms with Gasteiger partial charge in [0.1, 0.15) is 0 Å². The van der Waals surface area contributed by atoms with Crippen molar-refractivity contribution in [2.75, 3.05) is 18.2 Å². The average Bonchev–Trinajstić information content (AvgIpc) is 2.47. The number of nitrogens with two attached hydrogens (primary N) is 1. The molecule has 0 aliphatic rings. The molecule has 0 spiro atoms. The van der Waals surface area contributed by atoms with Crippen LogP contribution in [0.2, 0.25) is 0 Å². The van der Waals surface area contributed by atoms with E-state index in [-0.39, 0.29) is 0 Å². The van der Waals surface area contributed by atoms with E-state index in [4.69, 9.17) is 5.73 Å². The normalized spacial score (nSPS) is 10.4. The number of hydrogen-bond donors (Lipinski definition) is 1. The van der Waals surface area contributed by atoms with Crippen molar-refractivity contribution in [3.8, 4) is 0 Å². The van der Waals surface area contributed by atoms with E-state index in [1.807, 2.05) is 0 Å². The van der Waals surface area contributed by atoms with Gasteiger partial charge in [-0.2, -0.15) is 0 Å². The predicted octanol–water partition coefficient (Wildman–Crippen LogP) is 3.64. The number of nitrogens with zero attached hydrogens (tertiary/aromatic N) is 1. The van der Waals surface area contributed by atoms with Crippen LogP contribution >= 0.6 is 11.8 Å². The molecule has 0 bridgehead atoms. The molecule has 0 unspecified atom stereocenters. The maximum absolute atomic E-state index is 5.60. The van der Waals surface area contributed by atoms with Crippen LogP contribution in [0.3, 0.4) is 0 Å². The first-order valence-electron chi connectivity index (χ1n) is 5.91. The molecule has 0 atom stereocenters. The Balaban J connectivity index is 2.20. The molecular weight excluding hydrogens is 240 g/mol. The van der Waals surface area contributed by atoms with Crippen molar-refractivity contribution in [3.63, 3.8) is 0 Å². The van der Waals surface area contributed by atoms with E-state index in [1.165, 1.54) is 16.3 Å². The minimum absolute atomic E-state index is 0.590. The summed E-state index contributed by atoms with van der Waals surface area (Å²) in [6.45, 7) is 0.590. The maximum atomic E-state index is 5.60. The zero-order valence-corrected chi connectivity index (χ0v) is 11.6. The second-order valence-corrected chi connectivity index (χ2v) is 5.01. The van der Waals surface area contributed by atoms with Crippen LogP contribution in [-0.2, 0) is 6.54 Å². The number of rotatable bonds is 4. The van der Waals surface area contributed by atoms with Crippen LogP contribution in [0.5, 0.6) is 0 Å². The van der Waals surface area contributed by atoms with Gasteiger partial charge in [0, 0.05) is 29.9 Å². The summed E-state index contributed by atoms with van der Waals surface area (Å²) in [6, 6.07) is 16.9. The van der Waals surface area contributed by atoms with Crippen LogP contribution in [0.15, 0.2) is 53.4 Å². The Morgan fingerprint density at radius 1 is 0.944 bits per heavy atom. The molecule has 0 saturated carbocycles. The zero-order chi connectivity index (χ0) is 13.0. The molecule has 2 rings (SSSR count). The van der Waals surface area contributed by atoms with Gasteiger partial charge < -0.3 is 10.6 Å². The lowest BCUT2D eigenvalue weighted by Gasteiger charge is -2.20. The Kier molecular flexibility index (Phi) is 4.28. The number of anilines is 2. The van der Waals surface area contributed by atoms with Crippen molar-refractivity contribution < 1.29 is 0 Å². The minimum Gasteiger partial charge on any atom is -0.345 e. The summed E-state index contributed by atoms with van der Waals surface area (Å²) in [7, 11) is 2.07. The van der Waals surface area contributed by atoms with Crippen LogP contribution in [-0.4, -0.2) is 13.3 Å². The van der Waals surface area contributed by atoms with Gasteiger partial charge >= 0.3 is 0 Å². The fourth-order valence-electron chi connectivity index (χ4n) is 1.81. The third-order valence-corrected chi connectivity index (χ3v) is 3.76. The summed E-state index contributed by atoms with van der Waals surface area (Å²) in [5.41, 5.74) is 9.12. The van der Waals surface area contributed by atoms with Gasteiger partial charge in [-0.3, -0.25) is 0 Å². The average molecular weight is 258 g/mol. The van der Waals surface area contributed by atoms with Crippen LogP contribution < -0.4 is 10.6 Å². The Labute approximate surface area is 113 Å². The number of hydrogen-bond acceptors (Lipinski definition) is 3. The van der Waals surface area contributed by atoms with Crippen LogP contribution in [0.1, 0.15) is 5.56 Å². The Bertz CT molecular complexity index is 443. The molecule has 18 heavy (non-hydrogen) atoms. The molecule has 0 heterocycles. The Hall–Kier alpha value is -1.45. The molecule has 0 aliphatic heterocycles. The number of benzene rings is 2. The fraction of sp³-hybridized carbons (Fsp3) is 0.200. The van der Waals surface area contributed by atoms with Gasteiger partial charge in [0.15, 0.2) is 0 Å². The molecule has 2 nitrogen and oxygen atoms in total. The highest BCUT2D eigenvalue weighted by Gasteiger charge is 2.03. The van der Waals surface area contributed by atoms with Gasteiger partial charge in [-0.15, -0.1) is 11.8 Å². The quantitative estimate of drug-likeness (QED) is 0.849. The SMILES string of the molecule is CSc1ccc(N(C)c2ccc(CN)cc2)cc1. The second-order valence-electron chi connectivity index (χ2n) is 4.13. The van der Waals surface area contributed by atoms with E-state index in [2.05, 4.69) is 66.7 Å². The molecule has 0 aromatic heterocycles. The molecule has 3 heteroatoms. The summed E-state index contributed by atoms with van der Waals surface area (Å²) < 4.78 is 0. The fourth-order valence-corrected chi connectivity index (χ4v) is 2.22. The van der Waals surface area contributed by atoms with Gasteiger partial charge in [-0.05, 0) is 48.2 Å². The minimum atomic E-state index is 0.590. The second kappa shape index (κ2) is 5.94. The summed E-state index contributed by atoms with van der Waals surface area (Å²) in [4.78, 5) is 3.45. The van der Waals surface area contributed by atoms with Gasteiger partial charge in [-0.25, -0.2) is 0 Å². The molecule has 2 aromatic carbocycles. The van der Waals surface area contributed by atoms with Gasteiger partial charge in [0.05, 0.1) is 0 Å². The predicted molar refractivity (Wildman–Crippen MR) is 80.6 cm³/mol. The van der Waals surface area contributed by atoms with Crippen molar-refractivity contribution >= 4 is 23.1 Å². The molecule has 2 aromatic rings. The first-order chi connectivity index (χ1) is 8.74. The van der Waals surface area contributed by atoms with Crippen LogP contribution in [0, 0.1) is 0 Å². The molecule has 0 amide bonds. The smallest absolute Gasteiger partial charge is 0.0408 e. The molecule has 0 saturated heterocycles. The summed E-state index contributed by atoms with van der Waals surface area (Å²) in [5.74, 6) is 0. The van der Waals surface area contributed by atoms with Crippen molar-refractivity contribution in [3.05, 3.63) is 54.1 Å². The molecule has 2 N–H and O–H groups in total. The lowest BCUT2D eigenvalue weighted by atomic mass is 10.2. The van der Waals surface area contributed by atoms with Crippen LogP contribution in [0.4, 0.5) is 11.4 Å². The molecule has 94 valence electrons. The summed E-state index contributed by atoms with van der Waals surface area (Å²) in [6.07, 6.45) is 2.09. The van der Waals surface area contributed by atoms with E-state index in [9.17, 15) is 0 Å². The molecule has 0 radical (unpaired) electrons. The summed E-state index contributed by atoms with van der Waals surface area (Å²) >= 11 is 1.76. The first-order valence-corrected chi connectivity index (χ1v) is 7.14. The monoisotopic (exact) mass is 258 g/mol. The van der Waals surface area contributed by atoms with E-state index in [0.29, 0.717) is 6.54 Å². The highest BCUT2D eigenvalue weighted by atomic mass is 32.2. The third kappa shape index (κ3) is 2.86. The topological polar surface area (TPSA) is 29.3 Å². The maximum Gasteiger partial charge on any atom is 0.0408 e. The summed E-state index contributed by atoms with van der Waals surface area (Å²) in [5, 5.41) is 0. The number of thioether (sulfide) groups is 1. The van der Waals surface area contributed by atoms with Crippen molar-refractivity contribution in [2.24, 2.45) is 5.73 Å². The molecule has 0 aliphatic carbocycles. The molecular formula is C15H18N2S. The van der Waals surface area contributed by atoms with E-state index in [0.717, 1.165) is 5.56 Å². The zero-order valence-electron chi connectivity index (χ0n) is 10.8.